The molecule has 0 heterocycles. The fraction of sp³-hybridized carbons (Fsp3) is 0.857. The van der Waals surface area contributed by atoms with E-state index in [4.69, 9.17) is 10.2 Å². The second-order valence-electron chi connectivity index (χ2n) is 2.33. The first kappa shape index (κ1) is 11.3. The van der Waals surface area contributed by atoms with Crippen LogP contribution in [0, 0.1) is 0 Å². The quantitative estimate of drug-likeness (QED) is 0.566. The van der Waals surface area contributed by atoms with E-state index in [0.717, 1.165) is 0 Å². The lowest BCUT2D eigenvalue weighted by Crippen LogP contribution is -2.36. The second kappa shape index (κ2) is 5.91. The first-order chi connectivity index (χ1) is 5.63. The van der Waals surface area contributed by atoms with Gasteiger partial charge >= 0.3 is 5.97 Å². The van der Waals surface area contributed by atoms with Crippen LogP contribution in [0.5, 0.6) is 0 Å². The van der Waals surface area contributed by atoms with Crippen LogP contribution in [0.3, 0.4) is 0 Å². The highest BCUT2D eigenvalue weighted by Gasteiger charge is 2.25. The molecule has 0 rings (SSSR count). The predicted molar refractivity (Wildman–Crippen MR) is 39.2 cm³/mol. The standard InChI is InChI=1S/C7H13FO4/c1-2-3-12-7(11)6(10)5(9)4-8/h5-6,9-10H,2-4H2,1H3/t5-,6+/m0/s1. The Morgan fingerprint density at radius 2 is 2.17 bits per heavy atom. The fourth-order valence-corrected chi connectivity index (χ4v) is 0.530. The summed E-state index contributed by atoms with van der Waals surface area (Å²) < 4.78 is 16.2. The van der Waals surface area contributed by atoms with Crippen LogP contribution >= 0.6 is 0 Å². The lowest BCUT2D eigenvalue weighted by atomic mass is 10.2. The highest BCUT2D eigenvalue weighted by atomic mass is 19.1. The molecule has 2 N–H and O–H groups in total. The van der Waals surface area contributed by atoms with Crippen LogP contribution in [0.25, 0.3) is 0 Å². The normalized spacial score (nSPS) is 15.3. The lowest BCUT2D eigenvalue weighted by Gasteiger charge is -2.12. The van der Waals surface area contributed by atoms with Gasteiger partial charge in [0, 0.05) is 0 Å². The number of hydrogen-bond donors (Lipinski definition) is 2. The summed E-state index contributed by atoms with van der Waals surface area (Å²) in [5.41, 5.74) is 0. The summed E-state index contributed by atoms with van der Waals surface area (Å²) in [6.45, 7) is 0.780. The van der Waals surface area contributed by atoms with Crippen molar-refractivity contribution in [2.45, 2.75) is 25.6 Å². The van der Waals surface area contributed by atoms with Gasteiger partial charge < -0.3 is 14.9 Å². The molecule has 0 fully saturated rings. The first-order valence-corrected chi connectivity index (χ1v) is 3.72. The molecule has 0 radical (unpaired) electrons. The van der Waals surface area contributed by atoms with Crippen molar-refractivity contribution in [1.29, 1.82) is 0 Å². The molecule has 0 aliphatic carbocycles. The van der Waals surface area contributed by atoms with Gasteiger partial charge in [-0.25, -0.2) is 9.18 Å². The molecule has 0 aromatic rings. The number of alkyl halides is 1. The minimum Gasteiger partial charge on any atom is -0.464 e. The Morgan fingerprint density at radius 3 is 2.58 bits per heavy atom. The van der Waals surface area contributed by atoms with Crippen molar-refractivity contribution < 1.29 is 24.1 Å². The van der Waals surface area contributed by atoms with Gasteiger partial charge in [0.1, 0.15) is 12.8 Å². The van der Waals surface area contributed by atoms with Gasteiger partial charge in [0.25, 0.3) is 0 Å². The number of ether oxygens (including phenoxy) is 1. The van der Waals surface area contributed by atoms with Gasteiger partial charge in [-0.3, -0.25) is 0 Å². The number of carbonyl (C=O) groups is 1. The van der Waals surface area contributed by atoms with E-state index in [1.165, 1.54) is 0 Å². The topological polar surface area (TPSA) is 66.8 Å². The van der Waals surface area contributed by atoms with E-state index < -0.39 is 24.9 Å². The third-order valence-electron chi connectivity index (χ3n) is 1.21. The number of aliphatic hydroxyl groups is 2. The molecule has 0 saturated heterocycles. The highest BCUT2D eigenvalue weighted by Crippen LogP contribution is 1.97. The van der Waals surface area contributed by atoms with E-state index in [1.807, 2.05) is 0 Å². The molecule has 5 heteroatoms. The van der Waals surface area contributed by atoms with E-state index in [0.29, 0.717) is 6.42 Å². The molecule has 12 heavy (non-hydrogen) atoms. The molecular weight excluding hydrogens is 167 g/mol. The summed E-state index contributed by atoms with van der Waals surface area (Å²) in [5.74, 6) is -0.984. The maximum Gasteiger partial charge on any atom is 0.337 e. The van der Waals surface area contributed by atoms with E-state index >= 15 is 0 Å². The molecule has 0 saturated carbocycles. The number of aliphatic hydroxyl groups excluding tert-OH is 2. The lowest BCUT2D eigenvalue weighted by molar-refractivity contribution is -0.160. The van der Waals surface area contributed by atoms with E-state index in [9.17, 15) is 9.18 Å². The Hall–Kier alpha value is -0.680. The Bertz CT molecular complexity index is 139. The van der Waals surface area contributed by atoms with Crippen molar-refractivity contribution >= 4 is 5.97 Å². The number of hydrogen-bond acceptors (Lipinski definition) is 4. The van der Waals surface area contributed by atoms with Crippen LogP contribution in [0.15, 0.2) is 0 Å². The van der Waals surface area contributed by atoms with Gasteiger partial charge in [-0.05, 0) is 6.42 Å². The molecule has 0 aliphatic heterocycles. The monoisotopic (exact) mass is 180 g/mol. The molecule has 4 nitrogen and oxygen atoms in total. The molecule has 0 aromatic heterocycles. The summed E-state index contributed by atoms with van der Waals surface area (Å²) in [6.07, 6.45) is -2.85. The predicted octanol–water partition coefficient (Wildman–Crippen LogP) is -0.369. The minimum atomic E-state index is -1.78. The largest absolute Gasteiger partial charge is 0.464 e. The van der Waals surface area contributed by atoms with Gasteiger partial charge in [0.2, 0.25) is 0 Å². The van der Waals surface area contributed by atoms with Crippen LogP contribution in [-0.2, 0) is 9.53 Å². The zero-order chi connectivity index (χ0) is 9.56. The average Bonchev–Trinajstić information content (AvgIpc) is 2.11. The Morgan fingerprint density at radius 1 is 1.58 bits per heavy atom. The van der Waals surface area contributed by atoms with Crippen LogP contribution < -0.4 is 0 Å². The molecule has 0 unspecified atom stereocenters. The van der Waals surface area contributed by atoms with Crippen molar-refractivity contribution in [3.63, 3.8) is 0 Å². The van der Waals surface area contributed by atoms with Crippen LogP contribution in [-0.4, -0.2) is 41.7 Å². The first-order valence-electron chi connectivity index (χ1n) is 3.72. The van der Waals surface area contributed by atoms with Crippen molar-refractivity contribution in [1.82, 2.24) is 0 Å². The van der Waals surface area contributed by atoms with Gasteiger partial charge in [0.05, 0.1) is 6.61 Å². The summed E-state index contributed by atoms with van der Waals surface area (Å²) in [5, 5.41) is 17.5. The Labute approximate surface area is 70.0 Å². The van der Waals surface area contributed by atoms with E-state index in [-0.39, 0.29) is 6.61 Å². The SMILES string of the molecule is CCCOC(=O)[C@H](O)[C@@H](O)CF. The van der Waals surface area contributed by atoms with Gasteiger partial charge in [0.15, 0.2) is 6.10 Å². The zero-order valence-corrected chi connectivity index (χ0v) is 6.86. The van der Waals surface area contributed by atoms with Crippen molar-refractivity contribution in [2.75, 3.05) is 13.3 Å². The Kier molecular flexibility index (Phi) is 5.57. The number of carbonyl (C=O) groups excluding carboxylic acids is 1. The van der Waals surface area contributed by atoms with Crippen LogP contribution in [0.2, 0.25) is 0 Å². The molecule has 0 aliphatic rings. The van der Waals surface area contributed by atoms with Crippen molar-refractivity contribution in [2.24, 2.45) is 0 Å². The van der Waals surface area contributed by atoms with Gasteiger partial charge in [-0.1, -0.05) is 6.92 Å². The minimum absolute atomic E-state index is 0.162. The maximum absolute atomic E-state index is 11.7. The molecule has 0 aromatic carbocycles. The fourth-order valence-electron chi connectivity index (χ4n) is 0.530. The van der Waals surface area contributed by atoms with Gasteiger partial charge in [-0.15, -0.1) is 0 Å². The highest BCUT2D eigenvalue weighted by molar-refractivity contribution is 5.75. The second-order valence-corrected chi connectivity index (χ2v) is 2.33. The van der Waals surface area contributed by atoms with Crippen LogP contribution in [0.1, 0.15) is 13.3 Å². The summed E-state index contributed by atoms with van der Waals surface area (Å²) >= 11 is 0. The number of rotatable bonds is 5. The molecule has 72 valence electrons. The van der Waals surface area contributed by atoms with E-state index in [2.05, 4.69) is 4.74 Å². The molecule has 0 bridgehead atoms. The third kappa shape index (κ3) is 3.64. The van der Waals surface area contributed by atoms with Crippen molar-refractivity contribution in [3.8, 4) is 0 Å². The zero-order valence-electron chi connectivity index (χ0n) is 6.86. The van der Waals surface area contributed by atoms with Crippen molar-refractivity contribution in [3.05, 3.63) is 0 Å². The van der Waals surface area contributed by atoms with Crippen LogP contribution in [0.4, 0.5) is 4.39 Å². The maximum atomic E-state index is 11.7. The molecular formula is C7H13FO4. The summed E-state index contributed by atoms with van der Waals surface area (Å²) in [6, 6.07) is 0. The summed E-state index contributed by atoms with van der Waals surface area (Å²) in [7, 11) is 0. The smallest absolute Gasteiger partial charge is 0.337 e. The third-order valence-corrected chi connectivity index (χ3v) is 1.21. The number of halogens is 1. The van der Waals surface area contributed by atoms with E-state index in [1.54, 1.807) is 6.92 Å². The summed E-state index contributed by atoms with van der Waals surface area (Å²) in [4.78, 5) is 10.7. The molecule has 2 atom stereocenters. The number of esters is 1. The molecule has 0 amide bonds. The average molecular weight is 180 g/mol. The molecule has 0 spiro atoms. The Balaban J connectivity index is 3.75. The van der Waals surface area contributed by atoms with Gasteiger partial charge in [-0.2, -0.15) is 0 Å².